The van der Waals surface area contributed by atoms with E-state index in [-0.39, 0.29) is 16.9 Å². The van der Waals surface area contributed by atoms with Crippen LogP contribution in [-0.4, -0.2) is 29.4 Å². The first kappa shape index (κ1) is 18.8. The van der Waals surface area contributed by atoms with Crippen molar-refractivity contribution in [3.05, 3.63) is 83.9 Å². The van der Waals surface area contributed by atoms with E-state index in [0.717, 1.165) is 0 Å². The molecule has 3 N–H and O–H groups in total. The third kappa shape index (κ3) is 4.82. The normalized spacial score (nSPS) is 10.2. The summed E-state index contributed by atoms with van der Waals surface area (Å²) in [5, 5.41) is 5.16. The molecule has 0 spiro atoms. The molecule has 7 nitrogen and oxygen atoms in total. The van der Waals surface area contributed by atoms with Crippen molar-refractivity contribution < 1.29 is 23.5 Å². The van der Waals surface area contributed by atoms with Crippen LogP contribution in [0.4, 0.5) is 15.8 Å². The molecule has 0 saturated heterocycles. The lowest BCUT2D eigenvalue weighted by molar-refractivity contribution is -0.119. The van der Waals surface area contributed by atoms with Gasteiger partial charge in [-0.05, 0) is 48.5 Å². The van der Waals surface area contributed by atoms with Gasteiger partial charge in [-0.15, -0.1) is 0 Å². The summed E-state index contributed by atoms with van der Waals surface area (Å²) in [6.45, 7) is -0.508. The van der Waals surface area contributed by atoms with E-state index < -0.39 is 30.2 Å². The summed E-state index contributed by atoms with van der Waals surface area (Å²) in [5.41, 5.74) is 1.10. The fourth-order valence-electron chi connectivity index (χ4n) is 2.37. The molecule has 1 aromatic heterocycles. The van der Waals surface area contributed by atoms with Crippen molar-refractivity contribution in [3.63, 3.8) is 0 Å². The van der Waals surface area contributed by atoms with Crippen molar-refractivity contribution in [2.45, 2.75) is 0 Å². The minimum Gasteiger partial charge on any atom is -0.451 e. The number of carbonyl (C=O) groups excluding carboxylic acids is 3. The number of hydrogen-bond donors (Lipinski definition) is 3. The largest absolute Gasteiger partial charge is 0.451 e. The van der Waals surface area contributed by atoms with E-state index in [9.17, 15) is 18.8 Å². The maximum atomic E-state index is 13.0. The Bertz CT molecular complexity index is 985. The Morgan fingerprint density at radius 2 is 1.68 bits per heavy atom. The van der Waals surface area contributed by atoms with Crippen LogP contribution in [0.25, 0.3) is 0 Å². The predicted molar refractivity (Wildman–Crippen MR) is 101 cm³/mol. The number of benzene rings is 2. The van der Waals surface area contributed by atoms with Gasteiger partial charge in [-0.3, -0.25) is 9.59 Å². The molecular formula is C20H16FN3O4. The zero-order valence-corrected chi connectivity index (χ0v) is 14.6. The second-order valence-corrected chi connectivity index (χ2v) is 5.71. The van der Waals surface area contributed by atoms with Crippen LogP contribution in [0.1, 0.15) is 20.8 Å². The van der Waals surface area contributed by atoms with E-state index in [1.165, 1.54) is 36.4 Å². The first-order valence-corrected chi connectivity index (χ1v) is 8.29. The van der Waals surface area contributed by atoms with Crippen molar-refractivity contribution in [2.24, 2.45) is 0 Å². The Hall–Kier alpha value is -3.94. The lowest BCUT2D eigenvalue weighted by Gasteiger charge is -2.11. The van der Waals surface area contributed by atoms with Gasteiger partial charge in [-0.1, -0.05) is 12.1 Å². The highest BCUT2D eigenvalue weighted by atomic mass is 19.1. The predicted octanol–water partition coefficient (Wildman–Crippen LogP) is 3.20. The number of carbonyl (C=O) groups is 3. The van der Waals surface area contributed by atoms with Gasteiger partial charge in [0.05, 0.1) is 11.3 Å². The molecular weight excluding hydrogens is 365 g/mol. The average Bonchev–Trinajstić information content (AvgIpc) is 3.23. The van der Waals surface area contributed by atoms with Gasteiger partial charge >= 0.3 is 5.97 Å². The summed E-state index contributed by atoms with van der Waals surface area (Å²) in [5.74, 6) is -2.16. The number of H-pyrrole nitrogens is 1. The lowest BCUT2D eigenvalue weighted by atomic mass is 10.1. The second-order valence-electron chi connectivity index (χ2n) is 5.71. The summed E-state index contributed by atoms with van der Waals surface area (Å²) in [6.07, 6.45) is 1.56. The van der Waals surface area contributed by atoms with Gasteiger partial charge in [-0.25, -0.2) is 9.18 Å². The monoisotopic (exact) mass is 381 g/mol. The number of hydrogen-bond acceptors (Lipinski definition) is 4. The fraction of sp³-hybridized carbons (Fsp3) is 0.0500. The number of rotatable bonds is 6. The molecule has 0 atom stereocenters. The number of amides is 2. The van der Waals surface area contributed by atoms with E-state index in [2.05, 4.69) is 15.6 Å². The maximum Gasteiger partial charge on any atom is 0.355 e. The summed E-state index contributed by atoms with van der Waals surface area (Å²) in [7, 11) is 0. The van der Waals surface area contributed by atoms with E-state index in [4.69, 9.17) is 4.74 Å². The smallest absolute Gasteiger partial charge is 0.355 e. The molecule has 8 heteroatoms. The number of nitrogens with one attached hydrogen (secondary N) is 3. The third-order valence-corrected chi connectivity index (χ3v) is 3.70. The van der Waals surface area contributed by atoms with Crippen LogP contribution >= 0.6 is 0 Å². The standard InChI is InChI=1S/C20H16FN3O4/c21-13-7-9-14(10-8-13)23-19(26)15-4-1-2-5-16(15)24-18(25)12-28-20(27)17-6-3-11-22-17/h1-11,22H,12H2,(H,23,26)(H,24,25). The van der Waals surface area contributed by atoms with Gasteiger partial charge in [-0.2, -0.15) is 0 Å². The zero-order valence-electron chi connectivity index (χ0n) is 14.6. The van der Waals surface area contributed by atoms with Crippen LogP contribution in [0, 0.1) is 5.82 Å². The molecule has 0 aliphatic heterocycles. The highest BCUT2D eigenvalue weighted by Crippen LogP contribution is 2.18. The molecule has 3 rings (SSSR count). The molecule has 2 aromatic carbocycles. The minimum atomic E-state index is -0.664. The Labute approximate surface area is 159 Å². The Morgan fingerprint density at radius 1 is 0.929 bits per heavy atom. The Kier molecular flexibility index (Phi) is 5.81. The van der Waals surface area contributed by atoms with Crippen molar-refractivity contribution >= 4 is 29.2 Å². The van der Waals surface area contributed by atoms with Gasteiger partial charge < -0.3 is 20.4 Å². The number of aromatic nitrogens is 1. The maximum absolute atomic E-state index is 13.0. The van der Waals surface area contributed by atoms with Crippen LogP contribution in [-0.2, 0) is 9.53 Å². The average molecular weight is 381 g/mol. The van der Waals surface area contributed by atoms with E-state index in [0.29, 0.717) is 5.69 Å². The molecule has 0 bridgehead atoms. The van der Waals surface area contributed by atoms with Crippen molar-refractivity contribution in [2.75, 3.05) is 17.2 Å². The number of para-hydroxylation sites is 1. The summed E-state index contributed by atoms with van der Waals surface area (Å²) in [4.78, 5) is 39.0. The van der Waals surface area contributed by atoms with E-state index in [1.807, 2.05) is 0 Å². The van der Waals surface area contributed by atoms with Crippen LogP contribution in [0.5, 0.6) is 0 Å². The topological polar surface area (TPSA) is 100 Å². The number of halogens is 1. The highest BCUT2D eigenvalue weighted by Gasteiger charge is 2.15. The number of esters is 1. The summed E-state index contributed by atoms with van der Waals surface area (Å²) in [6, 6.07) is 14.8. The Balaban J connectivity index is 1.62. The zero-order chi connectivity index (χ0) is 19.9. The molecule has 0 fully saturated rings. The van der Waals surface area contributed by atoms with Crippen LogP contribution < -0.4 is 10.6 Å². The molecule has 2 amide bonds. The molecule has 0 aliphatic rings. The first-order valence-electron chi connectivity index (χ1n) is 8.29. The molecule has 142 valence electrons. The van der Waals surface area contributed by atoms with Gasteiger partial charge in [0.15, 0.2) is 6.61 Å². The molecule has 0 saturated carbocycles. The van der Waals surface area contributed by atoms with Gasteiger partial charge in [0, 0.05) is 11.9 Å². The highest BCUT2D eigenvalue weighted by molar-refractivity contribution is 6.10. The SMILES string of the molecule is O=C(COC(=O)c1ccc[nH]1)Nc1ccccc1C(=O)Nc1ccc(F)cc1. The molecule has 3 aromatic rings. The van der Waals surface area contributed by atoms with E-state index in [1.54, 1.807) is 30.5 Å². The van der Waals surface area contributed by atoms with E-state index >= 15 is 0 Å². The van der Waals surface area contributed by atoms with Crippen molar-refractivity contribution in [1.82, 2.24) is 4.98 Å². The first-order chi connectivity index (χ1) is 13.5. The quantitative estimate of drug-likeness (QED) is 0.571. The molecule has 1 heterocycles. The lowest BCUT2D eigenvalue weighted by Crippen LogP contribution is -2.23. The molecule has 0 unspecified atom stereocenters. The van der Waals surface area contributed by atoms with Crippen molar-refractivity contribution in [1.29, 1.82) is 0 Å². The fourth-order valence-corrected chi connectivity index (χ4v) is 2.37. The number of aromatic amines is 1. The molecule has 28 heavy (non-hydrogen) atoms. The Morgan fingerprint density at radius 3 is 2.39 bits per heavy atom. The summed E-state index contributed by atoms with van der Waals surface area (Å²) < 4.78 is 17.9. The van der Waals surface area contributed by atoms with Gasteiger partial charge in [0.25, 0.3) is 11.8 Å². The second kappa shape index (κ2) is 8.63. The van der Waals surface area contributed by atoms with Gasteiger partial charge in [0.2, 0.25) is 0 Å². The van der Waals surface area contributed by atoms with Gasteiger partial charge in [0.1, 0.15) is 11.5 Å². The minimum absolute atomic E-state index is 0.205. The van der Waals surface area contributed by atoms with Crippen molar-refractivity contribution in [3.8, 4) is 0 Å². The van der Waals surface area contributed by atoms with Crippen LogP contribution in [0.15, 0.2) is 66.9 Å². The molecule has 0 radical (unpaired) electrons. The number of ether oxygens (including phenoxy) is 1. The third-order valence-electron chi connectivity index (χ3n) is 3.70. The molecule has 0 aliphatic carbocycles. The van der Waals surface area contributed by atoms with Crippen LogP contribution in [0.2, 0.25) is 0 Å². The number of anilines is 2. The summed E-state index contributed by atoms with van der Waals surface area (Å²) >= 11 is 0. The van der Waals surface area contributed by atoms with Crippen LogP contribution in [0.3, 0.4) is 0 Å².